The highest BCUT2D eigenvalue weighted by Crippen LogP contribution is 2.44. The number of amides is 2. The van der Waals surface area contributed by atoms with Crippen LogP contribution in [0.1, 0.15) is 37.3 Å². The lowest BCUT2D eigenvalue weighted by molar-refractivity contribution is -0.145. The van der Waals surface area contributed by atoms with Crippen molar-refractivity contribution in [3.8, 4) is 11.1 Å². The number of rotatable bonds is 9. The number of nitrogens with zero attached hydrogens (tertiary/aromatic N) is 1. The summed E-state index contributed by atoms with van der Waals surface area (Å²) < 4.78 is 11.1. The van der Waals surface area contributed by atoms with Crippen LogP contribution in [0, 0.1) is 11.8 Å². The smallest absolute Gasteiger partial charge is 0.407 e. The predicted molar refractivity (Wildman–Crippen MR) is 130 cm³/mol. The van der Waals surface area contributed by atoms with Crippen molar-refractivity contribution in [2.24, 2.45) is 11.8 Å². The van der Waals surface area contributed by atoms with Crippen molar-refractivity contribution in [1.82, 2.24) is 10.2 Å². The Morgan fingerprint density at radius 2 is 1.69 bits per heavy atom. The molecule has 2 aliphatic rings. The number of carbonyl (C=O) groups excluding carboxylic acids is 2. The van der Waals surface area contributed by atoms with Gasteiger partial charge in [0, 0.05) is 38.6 Å². The van der Waals surface area contributed by atoms with Gasteiger partial charge in [-0.3, -0.25) is 9.59 Å². The molecule has 2 amide bonds. The zero-order valence-electron chi connectivity index (χ0n) is 20.1. The van der Waals surface area contributed by atoms with Crippen molar-refractivity contribution >= 4 is 18.0 Å². The third-order valence-corrected chi connectivity index (χ3v) is 6.78. The van der Waals surface area contributed by atoms with E-state index in [2.05, 4.69) is 29.6 Å². The summed E-state index contributed by atoms with van der Waals surface area (Å²) in [5.74, 6) is -1.95. The van der Waals surface area contributed by atoms with E-state index in [4.69, 9.17) is 9.47 Å². The van der Waals surface area contributed by atoms with Gasteiger partial charge in [-0.1, -0.05) is 55.5 Å². The Bertz CT molecular complexity index is 1040. The lowest BCUT2D eigenvalue weighted by Gasteiger charge is -2.19. The average Bonchev–Trinajstić information content (AvgIpc) is 3.41. The fraction of sp³-hybridized carbons (Fsp3) is 0.444. The fourth-order valence-electron chi connectivity index (χ4n) is 5.00. The standard InChI is InChI=1S/C27H32N2O6/c1-3-34-24-15-29(14-22(24)26(31)32)25(30)12-17(2)13-28-27(33)35-16-23-20-10-6-4-8-18(20)19-9-5-7-11-21(19)23/h4-11,17,22-24H,3,12-16H2,1-2H3,(H,28,33)(H,31,32). The molecular formula is C27H32N2O6. The molecule has 1 fully saturated rings. The van der Waals surface area contributed by atoms with E-state index in [1.165, 1.54) is 11.1 Å². The molecule has 0 saturated carbocycles. The minimum atomic E-state index is -0.955. The van der Waals surface area contributed by atoms with Crippen molar-refractivity contribution in [3.05, 3.63) is 59.7 Å². The number of hydrogen-bond acceptors (Lipinski definition) is 5. The molecule has 4 rings (SSSR count). The molecule has 2 aromatic rings. The van der Waals surface area contributed by atoms with Crippen LogP contribution in [0.4, 0.5) is 4.79 Å². The Morgan fingerprint density at radius 1 is 1.06 bits per heavy atom. The molecule has 2 aromatic carbocycles. The Hall–Kier alpha value is -3.39. The predicted octanol–water partition coefficient (Wildman–Crippen LogP) is 3.50. The van der Waals surface area contributed by atoms with Crippen LogP contribution in [-0.4, -0.2) is 66.9 Å². The average molecular weight is 481 g/mol. The van der Waals surface area contributed by atoms with E-state index in [1.54, 1.807) is 11.8 Å². The van der Waals surface area contributed by atoms with Gasteiger partial charge >= 0.3 is 12.1 Å². The number of alkyl carbamates (subject to hydrolysis) is 1. The molecule has 3 atom stereocenters. The SMILES string of the molecule is CCOC1CN(C(=O)CC(C)CNC(=O)OCC2c3ccccc3-c3ccccc32)CC1C(=O)O. The molecule has 0 aromatic heterocycles. The Morgan fingerprint density at radius 3 is 2.29 bits per heavy atom. The normalized spacial score (nSPS) is 19.7. The third kappa shape index (κ3) is 5.48. The largest absolute Gasteiger partial charge is 0.481 e. The van der Waals surface area contributed by atoms with Gasteiger partial charge in [0.25, 0.3) is 0 Å². The van der Waals surface area contributed by atoms with Gasteiger partial charge in [0.15, 0.2) is 0 Å². The van der Waals surface area contributed by atoms with E-state index in [1.807, 2.05) is 31.2 Å². The maximum atomic E-state index is 12.7. The monoisotopic (exact) mass is 480 g/mol. The third-order valence-electron chi connectivity index (χ3n) is 6.78. The highest BCUT2D eigenvalue weighted by Gasteiger charge is 2.40. The molecule has 3 unspecified atom stereocenters. The molecular weight excluding hydrogens is 448 g/mol. The summed E-state index contributed by atoms with van der Waals surface area (Å²) in [6.45, 7) is 5.01. The number of fused-ring (bicyclic) bond motifs is 3. The molecule has 1 aliphatic heterocycles. The maximum Gasteiger partial charge on any atom is 0.407 e. The van der Waals surface area contributed by atoms with Gasteiger partial charge in [0.2, 0.25) is 5.91 Å². The lowest BCUT2D eigenvalue weighted by Crippen LogP contribution is -2.35. The Kier molecular flexibility index (Phi) is 7.70. The van der Waals surface area contributed by atoms with E-state index in [0.29, 0.717) is 6.61 Å². The van der Waals surface area contributed by atoms with Gasteiger partial charge < -0.3 is 24.8 Å². The summed E-state index contributed by atoms with van der Waals surface area (Å²) in [7, 11) is 0. The highest BCUT2D eigenvalue weighted by molar-refractivity contribution is 5.80. The van der Waals surface area contributed by atoms with E-state index < -0.39 is 24.1 Å². The number of carboxylic acids is 1. The maximum absolute atomic E-state index is 12.7. The van der Waals surface area contributed by atoms with E-state index in [0.717, 1.165) is 11.1 Å². The topological polar surface area (TPSA) is 105 Å². The van der Waals surface area contributed by atoms with Gasteiger partial charge in [-0.2, -0.15) is 0 Å². The number of aliphatic carboxylic acids is 1. The van der Waals surface area contributed by atoms with Crippen LogP contribution in [-0.2, 0) is 19.1 Å². The van der Waals surface area contributed by atoms with Gasteiger partial charge in [0.05, 0.1) is 6.10 Å². The summed E-state index contributed by atoms with van der Waals surface area (Å²) in [6, 6.07) is 16.3. The summed E-state index contributed by atoms with van der Waals surface area (Å²) >= 11 is 0. The summed E-state index contributed by atoms with van der Waals surface area (Å²) in [5.41, 5.74) is 4.64. The molecule has 0 radical (unpaired) electrons. The number of ether oxygens (including phenoxy) is 2. The number of benzene rings is 2. The molecule has 1 aliphatic carbocycles. The first-order valence-electron chi connectivity index (χ1n) is 12.1. The molecule has 0 spiro atoms. The van der Waals surface area contributed by atoms with E-state index in [9.17, 15) is 19.5 Å². The molecule has 1 saturated heterocycles. The second kappa shape index (κ2) is 10.9. The first kappa shape index (κ1) is 24.7. The van der Waals surface area contributed by atoms with Crippen molar-refractivity contribution in [2.45, 2.75) is 32.3 Å². The van der Waals surface area contributed by atoms with Gasteiger partial charge in [-0.05, 0) is 35.1 Å². The number of likely N-dealkylation sites (tertiary alicyclic amines) is 1. The number of hydrogen-bond donors (Lipinski definition) is 2. The summed E-state index contributed by atoms with van der Waals surface area (Å²) in [4.78, 5) is 38.1. The van der Waals surface area contributed by atoms with Crippen molar-refractivity contribution in [2.75, 3.05) is 32.8 Å². The number of carbonyl (C=O) groups is 3. The zero-order valence-corrected chi connectivity index (χ0v) is 20.1. The number of carboxylic acid groups (broad SMARTS) is 1. The van der Waals surface area contributed by atoms with Crippen LogP contribution in [0.5, 0.6) is 0 Å². The van der Waals surface area contributed by atoms with E-state index >= 15 is 0 Å². The number of nitrogens with one attached hydrogen (secondary N) is 1. The van der Waals surface area contributed by atoms with Crippen LogP contribution >= 0.6 is 0 Å². The van der Waals surface area contributed by atoms with Crippen molar-refractivity contribution in [3.63, 3.8) is 0 Å². The minimum absolute atomic E-state index is 0.0113. The summed E-state index contributed by atoms with van der Waals surface area (Å²) in [6.07, 6.45) is -0.806. The van der Waals surface area contributed by atoms with E-state index in [-0.39, 0.29) is 50.4 Å². The highest BCUT2D eigenvalue weighted by atomic mass is 16.5. The second-order valence-electron chi connectivity index (χ2n) is 9.25. The lowest BCUT2D eigenvalue weighted by atomic mass is 9.98. The second-order valence-corrected chi connectivity index (χ2v) is 9.25. The van der Waals surface area contributed by atoms with Crippen molar-refractivity contribution in [1.29, 1.82) is 0 Å². The molecule has 8 nitrogen and oxygen atoms in total. The molecule has 0 bridgehead atoms. The van der Waals surface area contributed by atoms with Crippen LogP contribution < -0.4 is 5.32 Å². The molecule has 2 N–H and O–H groups in total. The first-order valence-corrected chi connectivity index (χ1v) is 12.1. The fourth-order valence-corrected chi connectivity index (χ4v) is 5.00. The van der Waals surface area contributed by atoms with Crippen LogP contribution in [0.2, 0.25) is 0 Å². The Balaban J connectivity index is 1.24. The summed E-state index contributed by atoms with van der Waals surface area (Å²) in [5, 5.41) is 12.2. The Labute approximate surface area is 205 Å². The van der Waals surface area contributed by atoms with Gasteiger partial charge in [-0.25, -0.2) is 4.79 Å². The molecule has 1 heterocycles. The first-order chi connectivity index (χ1) is 16.9. The van der Waals surface area contributed by atoms with Gasteiger partial charge in [0.1, 0.15) is 12.5 Å². The molecule has 35 heavy (non-hydrogen) atoms. The molecule has 186 valence electrons. The van der Waals surface area contributed by atoms with Crippen LogP contribution in [0.15, 0.2) is 48.5 Å². The molecule has 8 heteroatoms. The quantitative estimate of drug-likeness (QED) is 0.569. The van der Waals surface area contributed by atoms with Crippen LogP contribution in [0.25, 0.3) is 11.1 Å². The van der Waals surface area contributed by atoms with Crippen molar-refractivity contribution < 1.29 is 29.0 Å². The van der Waals surface area contributed by atoms with Crippen LogP contribution in [0.3, 0.4) is 0 Å². The zero-order chi connectivity index (χ0) is 24.9. The minimum Gasteiger partial charge on any atom is -0.481 e. The van der Waals surface area contributed by atoms with Gasteiger partial charge in [-0.15, -0.1) is 0 Å².